The van der Waals surface area contributed by atoms with Gasteiger partial charge in [0, 0.05) is 16.5 Å². The van der Waals surface area contributed by atoms with E-state index in [-0.39, 0.29) is 12.2 Å². The standard InChI is InChI=1S/C12H11BrO4/c1-7(15)4-8-5-10(13)9(6-14)12-11(8)16-2-3-17-12/h5-6H,2-4H2,1H3. The molecule has 0 spiro atoms. The van der Waals surface area contributed by atoms with E-state index in [0.717, 1.165) is 11.8 Å². The lowest BCUT2D eigenvalue weighted by molar-refractivity contribution is -0.116. The molecule has 1 aromatic carbocycles. The molecule has 17 heavy (non-hydrogen) atoms. The minimum absolute atomic E-state index is 0.0344. The Labute approximate surface area is 107 Å². The Morgan fingerprint density at radius 3 is 2.65 bits per heavy atom. The fourth-order valence-electron chi connectivity index (χ4n) is 1.77. The van der Waals surface area contributed by atoms with Crippen molar-refractivity contribution in [2.45, 2.75) is 13.3 Å². The number of aldehydes is 1. The van der Waals surface area contributed by atoms with Gasteiger partial charge >= 0.3 is 0 Å². The summed E-state index contributed by atoms with van der Waals surface area (Å²) in [6.45, 7) is 2.35. The minimum atomic E-state index is 0.0344. The molecule has 0 fully saturated rings. The number of ether oxygens (including phenoxy) is 2. The summed E-state index contributed by atoms with van der Waals surface area (Å²) in [4.78, 5) is 22.2. The van der Waals surface area contributed by atoms with Crippen molar-refractivity contribution >= 4 is 28.0 Å². The molecule has 1 aliphatic rings. The zero-order valence-electron chi connectivity index (χ0n) is 9.29. The molecule has 90 valence electrons. The number of halogens is 1. The second kappa shape index (κ2) is 4.87. The predicted molar refractivity (Wildman–Crippen MR) is 64.9 cm³/mol. The first-order valence-electron chi connectivity index (χ1n) is 5.19. The Morgan fingerprint density at radius 1 is 1.41 bits per heavy atom. The van der Waals surface area contributed by atoms with E-state index in [1.807, 2.05) is 0 Å². The van der Waals surface area contributed by atoms with Gasteiger partial charge in [0.05, 0.1) is 5.56 Å². The van der Waals surface area contributed by atoms with Crippen LogP contribution in [-0.2, 0) is 11.2 Å². The summed E-state index contributed by atoms with van der Waals surface area (Å²) in [5.74, 6) is 0.973. The maximum absolute atomic E-state index is 11.2. The van der Waals surface area contributed by atoms with Gasteiger partial charge in [-0.3, -0.25) is 9.59 Å². The monoisotopic (exact) mass is 298 g/mol. The largest absolute Gasteiger partial charge is 0.486 e. The first-order chi connectivity index (χ1) is 8.13. The van der Waals surface area contributed by atoms with Crippen LogP contribution in [0.4, 0.5) is 0 Å². The van der Waals surface area contributed by atoms with Crippen molar-refractivity contribution in [3.05, 3.63) is 21.7 Å². The van der Waals surface area contributed by atoms with E-state index >= 15 is 0 Å². The zero-order chi connectivity index (χ0) is 12.4. The van der Waals surface area contributed by atoms with Gasteiger partial charge in [0.15, 0.2) is 17.8 Å². The Bertz CT molecular complexity index is 482. The van der Waals surface area contributed by atoms with Gasteiger partial charge in [-0.25, -0.2) is 0 Å². The molecule has 0 bridgehead atoms. The Hall–Kier alpha value is -1.36. The summed E-state index contributed by atoms with van der Waals surface area (Å²) < 4.78 is 11.6. The van der Waals surface area contributed by atoms with Gasteiger partial charge in [0.25, 0.3) is 0 Å². The van der Waals surface area contributed by atoms with Crippen molar-refractivity contribution in [1.82, 2.24) is 0 Å². The number of ketones is 1. The highest BCUT2D eigenvalue weighted by atomic mass is 79.9. The van der Waals surface area contributed by atoms with Crippen molar-refractivity contribution in [2.75, 3.05) is 13.2 Å². The van der Waals surface area contributed by atoms with E-state index in [2.05, 4.69) is 15.9 Å². The summed E-state index contributed by atoms with van der Waals surface area (Å²) in [7, 11) is 0. The molecule has 2 rings (SSSR count). The van der Waals surface area contributed by atoms with E-state index in [1.165, 1.54) is 6.92 Å². The SMILES string of the molecule is CC(=O)Cc1cc(Br)c(C=O)c2c1OCCO2. The third-order valence-corrected chi connectivity index (χ3v) is 3.09. The van der Waals surface area contributed by atoms with Crippen LogP contribution in [0.5, 0.6) is 11.5 Å². The third kappa shape index (κ3) is 2.34. The molecule has 1 aliphatic heterocycles. The molecule has 0 amide bonds. The van der Waals surface area contributed by atoms with Crippen LogP contribution in [0.1, 0.15) is 22.8 Å². The summed E-state index contributed by atoms with van der Waals surface area (Å²) in [6, 6.07) is 1.73. The Balaban J connectivity index is 2.57. The van der Waals surface area contributed by atoms with Gasteiger partial charge in [-0.1, -0.05) is 0 Å². The number of rotatable bonds is 3. The average Bonchev–Trinajstić information content (AvgIpc) is 2.28. The zero-order valence-corrected chi connectivity index (χ0v) is 10.9. The normalized spacial score (nSPS) is 13.3. The summed E-state index contributed by atoms with van der Waals surface area (Å²) >= 11 is 3.30. The Morgan fingerprint density at radius 2 is 2.06 bits per heavy atom. The quantitative estimate of drug-likeness (QED) is 0.803. The van der Waals surface area contributed by atoms with Crippen molar-refractivity contribution < 1.29 is 19.1 Å². The van der Waals surface area contributed by atoms with Gasteiger partial charge in [-0.15, -0.1) is 0 Å². The predicted octanol–water partition coefficient (Wildman–Crippen LogP) is 2.16. The number of Topliss-reactive ketones (excluding diaryl/α,β-unsaturated/α-hetero) is 1. The fraction of sp³-hybridized carbons (Fsp3) is 0.333. The first kappa shape index (κ1) is 12.1. The minimum Gasteiger partial charge on any atom is -0.486 e. The van der Waals surface area contributed by atoms with Crippen LogP contribution < -0.4 is 9.47 Å². The molecular weight excluding hydrogens is 288 g/mol. The highest BCUT2D eigenvalue weighted by Gasteiger charge is 2.23. The molecule has 0 saturated carbocycles. The average molecular weight is 299 g/mol. The molecule has 4 nitrogen and oxygen atoms in total. The molecule has 0 unspecified atom stereocenters. The van der Waals surface area contributed by atoms with E-state index < -0.39 is 0 Å². The number of hydrogen-bond acceptors (Lipinski definition) is 4. The van der Waals surface area contributed by atoms with Gasteiger partial charge in [0.2, 0.25) is 0 Å². The van der Waals surface area contributed by atoms with Crippen LogP contribution in [-0.4, -0.2) is 25.3 Å². The molecule has 1 aromatic rings. The molecule has 0 atom stereocenters. The maximum Gasteiger partial charge on any atom is 0.173 e. The van der Waals surface area contributed by atoms with E-state index in [4.69, 9.17) is 9.47 Å². The molecule has 0 aromatic heterocycles. The van der Waals surface area contributed by atoms with Gasteiger partial charge in [-0.05, 0) is 28.9 Å². The fourth-order valence-corrected chi connectivity index (χ4v) is 2.32. The van der Waals surface area contributed by atoms with Gasteiger partial charge < -0.3 is 9.47 Å². The highest BCUT2D eigenvalue weighted by Crippen LogP contribution is 2.40. The number of fused-ring (bicyclic) bond motifs is 1. The summed E-state index contributed by atoms with van der Waals surface area (Å²) in [5.41, 5.74) is 1.16. The lowest BCUT2D eigenvalue weighted by Crippen LogP contribution is -2.18. The third-order valence-electron chi connectivity index (χ3n) is 2.43. The van der Waals surface area contributed by atoms with Gasteiger partial charge in [0.1, 0.15) is 19.0 Å². The lowest BCUT2D eigenvalue weighted by atomic mass is 10.0. The molecule has 5 heteroatoms. The van der Waals surface area contributed by atoms with Crippen molar-refractivity contribution in [3.63, 3.8) is 0 Å². The van der Waals surface area contributed by atoms with Crippen LogP contribution in [0.2, 0.25) is 0 Å². The van der Waals surface area contributed by atoms with Crippen LogP contribution in [0, 0.1) is 0 Å². The molecule has 1 heterocycles. The van der Waals surface area contributed by atoms with Crippen molar-refractivity contribution in [2.24, 2.45) is 0 Å². The maximum atomic E-state index is 11.2. The molecular formula is C12H11BrO4. The van der Waals surface area contributed by atoms with Crippen LogP contribution in [0.25, 0.3) is 0 Å². The second-order valence-corrected chi connectivity index (χ2v) is 4.64. The highest BCUT2D eigenvalue weighted by molar-refractivity contribution is 9.10. The smallest absolute Gasteiger partial charge is 0.173 e. The van der Waals surface area contributed by atoms with Crippen molar-refractivity contribution in [1.29, 1.82) is 0 Å². The van der Waals surface area contributed by atoms with Crippen LogP contribution in [0.15, 0.2) is 10.5 Å². The molecule has 0 radical (unpaired) electrons. The summed E-state index contributed by atoms with van der Waals surface area (Å²) in [5, 5.41) is 0. The molecule has 0 saturated heterocycles. The first-order valence-corrected chi connectivity index (χ1v) is 5.98. The number of hydrogen-bond donors (Lipinski definition) is 0. The number of benzene rings is 1. The van der Waals surface area contributed by atoms with Crippen LogP contribution in [0.3, 0.4) is 0 Å². The Kier molecular flexibility index (Phi) is 3.47. The van der Waals surface area contributed by atoms with E-state index in [0.29, 0.717) is 34.7 Å². The van der Waals surface area contributed by atoms with E-state index in [9.17, 15) is 9.59 Å². The van der Waals surface area contributed by atoms with Crippen molar-refractivity contribution in [3.8, 4) is 11.5 Å². The van der Waals surface area contributed by atoms with Gasteiger partial charge in [-0.2, -0.15) is 0 Å². The molecule has 0 aliphatic carbocycles. The molecule has 0 N–H and O–H groups in total. The van der Waals surface area contributed by atoms with E-state index in [1.54, 1.807) is 6.07 Å². The topological polar surface area (TPSA) is 52.6 Å². The number of carbonyl (C=O) groups is 2. The van der Waals surface area contributed by atoms with Crippen LogP contribution >= 0.6 is 15.9 Å². The second-order valence-electron chi connectivity index (χ2n) is 3.78. The number of carbonyl (C=O) groups excluding carboxylic acids is 2. The lowest BCUT2D eigenvalue weighted by Gasteiger charge is -2.23. The summed E-state index contributed by atoms with van der Waals surface area (Å²) in [6.07, 6.45) is 0.985.